The second-order valence-corrected chi connectivity index (χ2v) is 1.72. The van der Waals surface area contributed by atoms with Crippen molar-refractivity contribution in [2.24, 2.45) is 0 Å². The summed E-state index contributed by atoms with van der Waals surface area (Å²) in [6, 6.07) is 2.86. The van der Waals surface area contributed by atoms with Gasteiger partial charge in [0.15, 0.2) is 5.76 Å². The number of aliphatic hydroxyl groups is 2. The smallest absolute Gasteiger partial charge is 0.253 e. The Morgan fingerprint density at radius 1 is 1.60 bits per heavy atom. The van der Waals surface area contributed by atoms with Gasteiger partial charge in [0.1, 0.15) is 0 Å². The van der Waals surface area contributed by atoms with Crippen LogP contribution in [0.2, 0.25) is 0 Å². The van der Waals surface area contributed by atoms with Crippen LogP contribution < -0.4 is 0 Å². The Morgan fingerprint density at radius 2 is 2.30 bits per heavy atom. The van der Waals surface area contributed by atoms with E-state index >= 15 is 0 Å². The van der Waals surface area contributed by atoms with E-state index in [1.807, 2.05) is 0 Å². The van der Waals surface area contributed by atoms with Gasteiger partial charge in [-0.3, -0.25) is 4.79 Å². The van der Waals surface area contributed by atoms with Gasteiger partial charge in [-0.15, -0.1) is 0 Å². The number of carbonyl (C=O) groups excluding carboxylic acids is 1. The average molecular weight is 142 g/mol. The van der Waals surface area contributed by atoms with Crippen LogP contribution in [-0.2, 0) is 0 Å². The van der Waals surface area contributed by atoms with Crippen molar-refractivity contribution in [1.82, 2.24) is 0 Å². The van der Waals surface area contributed by atoms with Crippen LogP contribution >= 0.6 is 0 Å². The van der Waals surface area contributed by atoms with E-state index in [1.54, 1.807) is 0 Å². The van der Waals surface area contributed by atoms with Crippen molar-refractivity contribution in [2.45, 2.75) is 6.29 Å². The highest BCUT2D eigenvalue weighted by Crippen LogP contribution is 2.02. The van der Waals surface area contributed by atoms with Crippen LogP contribution in [0, 0.1) is 0 Å². The number of hydrogen-bond donors (Lipinski definition) is 2. The Hall–Kier alpha value is -1.13. The lowest BCUT2D eigenvalue weighted by Crippen LogP contribution is -2.18. The first-order chi connectivity index (χ1) is 4.72. The van der Waals surface area contributed by atoms with E-state index in [4.69, 9.17) is 10.2 Å². The lowest BCUT2D eigenvalue weighted by Gasteiger charge is -1.96. The highest BCUT2D eigenvalue weighted by molar-refractivity contribution is 5.95. The van der Waals surface area contributed by atoms with Crippen LogP contribution in [0.4, 0.5) is 0 Å². The Bertz CT molecular complexity index is 212. The fourth-order valence-corrected chi connectivity index (χ4v) is 0.546. The molecule has 10 heavy (non-hydrogen) atoms. The summed E-state index contributed by atoms with van der Waals surface area (Å²) in [4.78, 5) is 10.6. The minimum Gasteiger partial charge on any atom is -0.461 e. The molecular formula is C6H6O4. The third kappa shape index (κ3) is 1.23. The minimum absolute atomic E-state index is 0.0463. The molecule has 0 saturated carbocycles. The van der Waals surface area contributed by atoms with E-state index in [2.05, 4.69) is 4.42 Å². The minimum atomic E-state index is -1.98. The summed E-state index contributed by atoms with van der Waals surface area (Å²) in [6.07, 6.45) is -0.693. The van der Waals surface area contributed by atoms with Gasteiger partial charge in [0.2, 0.25) is 6.29 Å². The molecule has 0 saturated heterocycles. The van der Waals surface area contributed by atoms with E-state index in [-0.39, 0.29) is 5.76 Å². The Balaban J connectivity index is 2.78. The van der Waals surface area contributed by atoms with Gasteiger partial charge < -0.3 is 14.6 Å². The van der Waals surface area contributed by atoms with Crippen molar-refractivity contribution in [3.05, 3.63) is 24.2 Å². The van der Waals surface area contributed by atoms with Gasteiger partial charge in [0, 0.05) is 0 Å². The maximum atomic E-state index is 10.6. The predicted octanol–water partition coefficient (Wildman–Crippen LogP) is -0.227. The molecule has 0 fully saturated rings. The van der Waals surface area contributed by atoms with Gasteiger partial charge in [-0.1, -0.05) is 0 Å². The SMILES string of the molecule is O=C(c1ccco1)C(O)O. The Labute approximate surface area is 56.7 Å². The van der Waals surface area contributed by atoms with Crippen LogP contribution in [0.5, 0.6) is 0 Å². The van der Waals surface area contributed by atoms with Gasteiger partial charge >= 0.3 is 0 Å². The lowest BCUT2D eigenvalue weighted by atomic mass is 10.3. The zero-order valence-electron chi connectivity index (χ0n) is 5.02. The van der Waals surface area contributed by atoms with Crippen LogP contribution in [0.1, 0.15) is 10.6 Å². The van der Waals surface area contributed by atoms with Gasteiger partial charge in [0.25, 0.3) is 5.78 Å². The number of rotatable bonds is 2. The van der Waals surface area contributed by atoms with Gasteiger partial charge in [-0.05, 0) is 12.1 Å². The summed E-state index contributed by atoms with van der Waals surface area (Å²) < 4.78 is 4.59. The number of ketones is 1. The third-order valence-electron chi connectivity index (χ3n) is 0.999. The first-order valence-electron chi connectivity index (χ1n) is 2.65. The maximum absolute atomic E-state index is 10.6. The average Bonchev–Trinajstić information content (AvgIpc) is 2.36. The molecule has 1 aromatic rings. The molecule has 0 radical (unpaired) electrons. The van der Waals surface area contributed by atoms with Crippen molar-refractivity contribution in [3.63, 3.8) is 0 Å². The van der Waals surface area contributed by atoms with Gasteiger partial charge in [-0.25, -0.2) is 0 Å². The molecule has 2 N–H and O–H groups in total. The summed E-state index contributed by atoms with van der Waals surface area (Å²) in [5.74, 6) is -0.875. The predicted molar refractivity (Wildman–Crippen MR) is 31.3 cm³/mol. The molecule has 0 amide bonds. The summed E-state index contributed by atoms with van der Waals surface area (Å²) in [7, 11) is 0. The molecule has 4 nitrogen and oxygen atoms in total. The second-order valence-electron chi connectivity index (χ2n) is 1.72. The normalized spacial score (nSPS) is 10.3. The van der Waals surface area contributed by atoms with Crippen LogP contribution in [0.25, 0.3) is 0 Å². The number of Topliss-reactive ketones (excluding diaryl/α,β-unsaturated/α-hetero) is 1. The molecule has 0 unspecified atom stereocenters. The van der Waals surface area contributed by atoms with E-state index in [0.29, 0.717) is 0 Å². The summed E-state index contributed by atoms with van der Waals surface area (Å²) in [5, 5.41) is 16.7. The fourth-order valence-electron chi connectivity index (χ4n) is 0.546. The summed E-state index contributed by atoms with van der Waals surface area (Å²) >= 11 is 0. The Kier molecular flexibility index (Phi) is 1.84. The zero-order chi connectivity index (χ0) is 7.56. The summed E-state index contributed by atoms with van der Waals surface area (Å²) in [5.41, 5.74) is 0. The van der Waals surface area contributed by atoms with Crippen molar-refractivity contribution < 1.29 is 19.4 Å². The van der Waals surface area contributed by atoms with Crippen LogP contribution in [0.15, 0.2) is 22.8 Å². The molecule has 1 rings (SSSR count). The molecule has 0 aliphatic heterocycles. The van der Waals surface area contributed by atoms with E-state index < -0.39 is 12.1 Å². The molecule has 54 valence electrons. The molecule has 4 heteroatoms. The van der Waals surface area contributed by atoms with Crippen molar-refractivity contribution in [2.75, 3.05) is 0 Å². The third-order valence-corrected chi connectivity index (χ3v) is 0.999. The van der Waals surface area contributed by atoms with E-state index in [1.165, 1.54) is 18.4 Å². The highest BCUT2D eigenvalue weighted by Gasteiger charge is 2.15. The van der Waals surface area contributed by atoms with Crippen molar-refractivity contribution in [1.29, 1.82) is 0 Å². The van der Waals surface area contributed by atoms with E-state index in [0.717, 1.165) is 0 Å². The summed E-state index contributed by atoms with van der Waals surface area (Å²) in [6.45, 7) is 0. The van der Waals surface area contributed by atoms with Gasteiger partial charge in [0.05, 0.1) is 6.26 Å². The molecule has 0 bridgehead atoms. The van der Waals surface area contributed by atoms with Crippen molar-refractivity contribution in [3.8, 4) is 0 Å². The number of carbonyl (C=O) groups is 1. The molecule has 0 aliphatic carbocycles. The van der Waals surface area contributed by atoms with Crippen LogP contribution in [0.3, 0.4) is 0 Å². The maximum Gasteiger partial charge on any atom is 0.253 e. The standard InChI is InChI=1S/C6H6O4/c7-5(6(8)9)4-2-1-3-10-4/h1-3,6,8-9H. The lowest BCUT2D eigenvalue weighted by molar-refractivity contribution is -0.0212. The van der Waals surface area contributed by atoms with E-state index in [9.17, 15) is 4.79 Å². The molecule has 1 heterocycles. The molecule has 0 spiro atoms. The zero-order valence-corrected chi connectivity index (χ0v) is 5.02. The van der Waals surface area contributed by atoms with Gasteiger partial charge in [-0.2, -0.15) is 0 Å². The van der Waals surface area contributed by atoms with Crippen LogP contribution in [-0.4, -0.2) is 22.3 Å². The largest absolute Gasteiger partial charge is 0.461 e. The Morgan fingerprint density at radius 3 is 2.70 bits per heavy atom. The molecular weight excluding hydrogens is 136 g/mol. The quantitative estimate of drug-likeness (QED) is 0.442. The topological polar surface area (TPSA) is 70.7 Å². The fraction of sp³-hybridized carbons (Fsp3) is 0.167. The monoisotopic (exact) mass is 142 g/mol. The molecule has 1 aromatic heterocycles. The molecule has 0 atom stereocenters. The second kappa shape index (κ2) is 2.64. The first kappa shape index (κ1) is 6.98. The molecule has 0 aromatic carbocycles. The number of hydrogen-bond acceptors (Lipinski definition) is 4. The highest BCUT2D eigenvalue weighted by atomic mass is 16.5. The van der Waals surface area contributed by atoms with Crippen molar-refractivity contribution >= 4 is 5.78 Å². The number of furan rings is 1. The molecule has 0 aliphatic rings. The number of aliphatic hydroxyl groups excluding tert-OH is 1. The first-order valence-corrected chi connectivity index (χ1v) is 2.65.